The van der Waals surface area contributed by atoms with Crippen molar-refractivity contribution in [3.63, 3.8) is 0 Å². The zero-order valence-electron chi connectivity index (χ0n) is 8.53. The van der Waals surface area contributed by atoms with Crippen LogP contribution >= 0.6 is 0 Å². The summed E-state index contributed by atoms with van der Waals surface area (Å²) in [6.07, 6.45) is -0.0686. The quantitative estimate of drug-likeness (QED) is 0.721. The van der Waals surface area contributed by atoms with E-state index in [1.807, 2.05) is 0 Å². The molecule has 1 rings (SSSR count). The Labute approximate surface area is 82.4 Å². The molecule has 1 atom stereocenters. The third-order valence-electron chi connectivity index (χ3n) is 1.74. The predicted molar refractivity (Wildman–Crippen MR) is 49.6 cm³/mol. The first-order chi connectivity index (χ1) is 6.61. The summed E-state index contributed by atoms with van der Waals surface area (Å²) >= 11 is 0. The molecule has 1 aromatic rings. The molecule has 0 bridgehead atoms. The van der Waals surface area contributed by atoms with E-state index in [0.29, 0.717) is 11.5 Å². The fraction of sp³-hybridized carbons (Fsp3) is 0.556. The van der Waals surface area contributed by atoms with Crippen molar-refractivity contribution in [3.8, 4) is 0 Å². The first kappa shape index (κ1) is 10.7. The average Bonchev–Trinajstić information content (AvgIpc) is 2.50. The largest absolute Gasteiger partial charge is 0.362 e. The van der Waals surface area contributed by atoms with Crippen LogP contribution in [0.25, 0.3) is 0 Å². The smallest absolute Gasteiger partial charge is 0.228 e. The lowest BCUT2D eigenvalue weighted by Gasteiger charge is -2.10. The van der Waals surface area contributed by atoms with Crippen LogP contribution in [-0.2, 0) is 16.0 Å². The predicted octanol–water partition coefficient (Wildman–Crippen LogP) is 0.634. The number of nitrogens with zero attached hydrogens (tertiary/aromatic N) is 1. The molecule has 1 heterocycles. The van der Waals surface area contributed by atoms with Gasteiger partial charge in [-0.3, -0.25) is 4.79 Å². The first-order valence-electron chi connectivity index (χ1n) is 4.36. The average molecular weight is 198 g/mol. The van der Waals surface area contributed by atoms with Gasteiger partial charge < -0.3 is 14.6 Å². The van der Waals surface area contributed by atoms with E-state index < -0.39 is 0 Å². The summed E-state index contributed by atoms with van der Waals surface area (Å²) < 4.78 is 9.72. The number of carbonyl (C=O) groups is 1. The van der Waals surface area contributed by atoms with E-state index in [2.05, 4.69) is 10.5 Å². The van der Waals surface area contributed by atoms with Crippen LogP contribution in [0, 0.1) is 6.92 Å². The number of hydrogen-bond donors (Lipinski definition) is 1. The van der Waals surface area contributed by atoms with Gasteiger partial charge in [-0.15, -0.1) is 0 Å². The topological polar surface area (TPSA) is 64.4 Å². The lowest BCUT2D eigenvalue weighted by Crippen LogP contribution is -2.34. The van der Waals surface area contributed by atoms with E-state index in [9.17, 15) is 4.79 Å². The molecule has 1 aromatic heterocycles. The lowest BCUT2D eigenvalue weighted by molar-refractivity contribution is -0.123. The molecule has 0 aromatic carbocycles. The molecule has 0 saturated heterocycles. The third kappa shape index (κ3) is 3.18. The highest BCUT2D eigenvalue weighted by Crippen LogP contribution is 2.02. The van der Waals surface area contributed by atoms with Crippen molar-refractivity contribution in [3.05, 3.63) is 17.5 Å². The number of nitrogens with one attached hydrogen (secondary N) is 1. The minimum Gasteiger partial charge on any atom is -0.362 e. The second kappa shape index (κ2) is 4.76. The molecular formula is C9H14N2O3. The fourth-order valence-corrected chi connectivity index (χ4v) is 1.00. The molecule has 1 N–H and O–H groups in total. The SMILES string of the molecule is COC(C)NC(=O)Cc1cc(C)on1. The monoisotopic (exact) mass is 198 g/mol. The van der Waals surface area contributed by atoms with Crippen molar-refractivity contribution in [1.29, 1.82) is 0 Å². The summed E-state index contributed by atoms with van der Waals surface area (Å²) in [4.78, 5) is 11.3. The van der Waals surface area contributed by atoms with Gasteiger partial charge in [0.25, 0.3) is 0 Å². The molecule has 5 nitrogen and oxygen atoms in total. The van der Waals surface area contributed by atoms with Crippen LogP contribution < -0.4 is 5.32 Å². The van der Waals surface area contributed by atoms with Crippen molar-refractivity contribution in [1.82, 2.24) is 10.5 Å². The summed E-state index contributed by atoms with van der Waals surface area (Å²) in [5.74, 6) is 0.570. The summed E-state index contributed by atoms with van der Waals surface area (Å²) in [5, 5.41) is 6.36. The molecular weight excluding hydrogens is 184 g/mol. The minimum absolute atomic E-state index is 0.132. The van der Waals surface area contributed by atoms with Crippen molar-refractivity contribution in [2.75, 3.05) is 7.11 Å². The van der Waals surface area contributed by atoms with Crippen LogP contribution in [-0.4, -0.2) is 24.4 Å². The molecule has 0 fully saturated rings. The Morgan fingerprint density at radius 1 is 1.79 bits per heavy atom. The normalized spacial score (nSPS) is 12.5. The van der Waals surface area contributed by atoms with Gasteiger partial charge in [-0.05, 0) is 13.8 Å². The summed E-state index contributed by atoms with van der Waals surface area (Å²) in [7, 11) is 1.53. The van der Waals surface area contributed by atoms with E-state index in [0.717, 1.165) is 0 Å². The summed E-state index contributed by atoms with van der Waals surface area (Å²) in [6.45, 7) is 3.54. The molecule has 0 saturated carbocycles. The number of rotatable bonds is 4. The standard InChI is InChI=1S/C9H14N2O3/c1-6-4-8(11-14-6)5-9(12)10-7(2)13-3/h4,7H,5H2,1-3H3,(H,10,12). The molecule has 0 aliphatic heterocycles. The van der Waals surface area contributed by atoms with Crippen LogP contribution in [0.15, 0.2) is 10.6 Å². The second-order valence-corrected chi connectivity index (χ2v) is 3.05. The number of ether oxygens (including phenoxy) is 1. The zero-order valence-corrected chi connectivity index (χ0v) is 8.53. The van der Waals surface area contributed by atoms with Gasteiger partial charge >= 0.3 is 0 Å². The van der Waals surface area contributed by atoms with E-state index >= 15 is 0 Å². The maximum Gasteiger partial charge on any atom is 0.228 e. The number of aryl methyl sites for hydroxylation is 1. The van der Waals surface area contributed by atoms with E-state index in [1.165, 1.54) is 7.11 Å². The zero-order chi connectivity index (χ0) is 10.6. The number of methoxy groups -OCH3 is 1. The number of carbonyl (C=O) groups excluding carboxylic acids is 1. The Morgan fingerprint density at radius 3 is 3.00 bits per heavy atom. The Balaban J connectivity index is 2.41. The van der Waals surface area contributed by atoms with Gasteiger partial charge in [0.05, 0.1) is 12.1 Å². The fourth-order valence-electron chi connectivity index (χ4n) is 1.00. The Hall–Kier alpha value is -1.36. The lowest BCUT2D eigenvalue weighted by atomic mass is 10.3. The number of aromatic nitrogens is 1. The molecule has 14 heavy (non-hydrogen) atoms. The summed E-state index contributed by atoms with van der Waals surface area (Å²) in [6, 6.07) is 1.73. The minimum atomic E-state index is -0.282. The van der Waals surface area contributed by atoms with Gasteiger partial charge in [0.15, 0.2) is 0 Å². The molecule has 0 spiro atoms. The molecule has 0 radical (unpaired) electrons. The molecule has 0 aliphatic rings. The van der Waals surface area contributed by atoms with Crippen LogP contribution in [0.2, 0.25) is 0 Å². The number of hydrogen-bond acceptors (Lipinski definition) is 4. The van der Waals surface area contributed by atoms with E-state index in [4.69, 9.17) is 9.26 Å². The highest BCUT2D eigenvalue weighted by atomic mass is 16.5. The third-order valence-corrected chi connectivity index (χ3v) is 1.74. The Bertz CT molecular complexity index is 309. The van der Waals surface area contributed by atoms with Gasteiger partial charge in [-0.1, -0.05) is 5.16 Å². The van der Waals surface area contributed by atoms with Crippen molar-refractivity contribution >= 4 is 5.91 Å². The highest BCUT2D eigenvalue weighted by molar-refractivity contribution is 5.78. The number of amides is 1. The highest BCUT2D eigenvalue weighted by Gasteiger charge is 2.09. The van der Waals surface area contributed by atoms with E-state index in [-0.39, 0.29) is 18.6 Å². The summed E-state index contributed by atoms with van der Waals surface area (Å²) in [5.41, 5.74) is 0.628. The molecule has 1 unspecified atom stereocenters. The second-order valence-electron chi connectivity index (χ2n) is 3.05. The van der Waals surface area contributed by atoms with Gasteiger partial charge in [-0.25, -0.2) is 0 Å². The first-order valence-corrected chi connectivity index (χ1v) is 4.36. The van der Waals surface area contributed by atoms with Crippen molar-refractivity contribution in [2.24, 2.45) is 0 Å². The van der Waals surface area contributed by atoms with Crippen LogP contribution in [0.1, 0.15) is 18.4 Å². The molecule has 1 amide bonds. The van der Waals surface area contributed by atoms with Crippen LogP contribution in [0.5, 0.6) is 0 Å². The van der Waals surface area contributed by atoms with Gasteiger partial charge in [0.1, 0.15) is 12.0 Å². The van der Waals surface area contributed by atoms with Gasteiger partial charge in [-0.2, -0.15) is 0 Å². The van der Waals surface area contributed by atoms with Crippen molar-refractivity contribution < 1.29 is 14.1 Å². The Kier molecular flexibility index (Phi) is 3.64. The Morgan fingerprint density at radius 2 is 2.50 bits per heavy atom. The molecule has 5 heteroatoms. The maximum atomic E-state index is 11.3. The maximum absolute atomic E-state index is 11.3. The van der Waals surface area contributed by atoms with Gasteiger partial charge in [0, 0.05) is 13.2 Å². The van der Waals surface area contributed by atoms with Crippen LogP contribution in [0.3, 0.4) is 0 Å². The van der Waals surface area contributed by atoms with Crippen molar-refractivity contribution in [2.45, 2.75) is 26.5 Å². The van der Waals surface area contributed by atoms with E-state index in [1.54, 1.807) is 19.9 Å². The molecule has 0 aliphatic carbocycles. The van der Waals surface area contributed by atoms with Crippen LogP contribution in [0.4, 0.5) is 0 Å². The molecule has 78 valence electrons. The van der Waals surface area contributed by atoms with Gasteiger partial charge in [0.2, 0.25) is 5.91 Å².